The van der Waals surface area contributed by atoms with Crippen molar-refractivity contribution in [3.05, 3.63) is 29.8 Å². The highest BCUT2D eigenvalue weighted by molar-refractivity contribution is 14.0. The number of hydrogen-bond donors (Lipinski definition) is 1. The first kappa shape index (κ1) is 24.5. The van der Waals surface area contributed by atoms with Crippen LogP contribution < -0.4 is 10.1 Å². The molecule has 0 radical (unpaired) electrons. The molecule has 0 unspecified atom stereocenters. The zero-order valence-corrected chi connectivity index (χ0v) is 19.8. The van der Waals surface area contributed by atoms with Crippen molar-refractivity contribution in [2.75, 3.05) is 60.0 Å². The summed E-state index contributed by atoms with van der Waals surface area (Å²) in [6.45, 7) is 10.5. The van der Waals surface area contributed by atoms with Gasteiger partial charge in [-0.05, 0) is 24.6 Å². The van der Waals surface area contributed by atoms with Gasteiger partial charge in [0, 0.05) is 59.8 Å². The molecule has 1 aromatic rings. The molecule has 0 saturated carbocycles. The summed E-state index contributed by atoms with van der Waals surface area (Å²) in [5, 5.41) is 3.36. The molecule has 1 aliphatic heterocycles. The maximum Gasteiger partial charge on any atom is 0.219 e. The Hall–Kier alpha value is -1.55. The van der Waals surface area contributed by atoms with Gasteiger partial charge in [0.1, 0.15) is 5.75 Å². The number of nitrogens with one attached hydrogen (secondary N) is 1. The van der Waals surface area contributed by atoms with Gasteiger partial charge in [-0.15, -0.1) is 24.0 Å². The number of carbonyl (C=O) groups is 1. The van der Waals surface area contributed by atoms with Gasteiger partial charge in [-0.1, -0.05) is 12.1 Å². The van der Waals surface area contributed by atoms with E-state index in [-0.39, 0.29) is 29.9 Å². The summed E-state index contributed by atoms with van der Waals surface area (Å²) < 4.78 is 5.21. The highest BCUT2D eigenvalue weighted by Crippen LogP contribution is 2.12. The molecule has 1 heterocycles. The fraction of sp³-hybridized carbons (Fsp3) is 0.600. The van der Waals surface area contributed by atoms with Gasteiger partial charge in [0.2, 0.25) is 5.91 Å². The van der Waals surface area contributed by atoms with E-state index >= 15 is 0 Å². The van der Waals surface area contributed by atoms with Crippen molar-refractivity contribution in [1.82, 2.24) is 20.0 Å². The van der Waals surface area contributed by atoms with Crippen LogP contribution in [0, 0.1) is 0 Å². The van der Waals surface area contributed by atoms with Gasteiger partial charge in [-0.2, -0.15) is 0 Å². The second-order valence-corrected chi connectivity index (χ2v) is 6.79. The molecular formula is C20H34IN5O2. The molecule has 8 heteroatoms. The lowest BCUT2D eigenvalue weighted by atomic mass is 10.2. The summed E-state index contributed by atoms with van der Waals surface area (Å²) in [7, 11) is 3.73. The second-order valence-electron chi connectivity index (χ2n) is 6.79. The fourth-order valence-corrected chi connectivity index (χ4v) is 3.13. The predicted octanol–water partition coefficient (Wildman–Crippen LogP) is 1.87. The van der Waals surface area contributed by atoms with Gasteiger partial charge in [0.25, 0.3) is 0 Å². The molecule has 1 saturated heterocycles. The smallest absolute Gasteiger partial charge is 0.219 e. The van der Waals surface area contributed by atoms with Crippen molar-refractivity contribution in [3.8, 4) is 5.75 Å². The number of ether oxygens (including phenoxy) is 1. The summed E-state index contributed by atoms with van der Waals surface area (Å²) in [4.78, 5) is 22.6. The zero-order valence-electron chi connectivity index (χ0n) is 17.5. The van der Waals surface area contributed by atoms with Gasteiger partial charge in [0.05, 0.1) is 13.7 Å². The standard InChI is InChI=1S/C20H33N5O2.HI/c1-5-21-20(23(3)16-18-6-8-19(27-4)9-7-18)22-10-11-24-12-14-25(15-13-24)17(2)26;/h6-9H,5,10-16H2,1-4H3,(H,21,22);1H. The zero-order chi connectivity index (χ0) is 19.6. The number of nitrogens with zero attached hydrogens (tertiary/aromatic N) is 4. The van der Waals surface area contributed by atoms with Crippen LogP contribution in [-0.4, -0.2) is 86.5 Å². The minimum Gasteiger partial charge on any atom is -0.497 e. The number of rotatable bonds is 7. The number of aliphatic imine (C=N–C) groups is 1. The van der Waals surface area contributed by atoms with Crippen LogP contribution in [0.4, 0.5) is 0 Å². The van der Waals surface area contributed by atoms with E-state index in [1.807, 2.05) is 17.0 Å². The molecule has 1 aliphatic rings. The average molecular weight is 503 g/mol. The molecule has 0 spiro atoms. The van der Waals surface area contributed by atoms with E-state index in [2.05, 4.69) is 41.2 Å². The topological polar surface area (TPSA) is 60.4 Å². The molecule has 0 atom stereocenters. The van der Waals surface area contributed by atoms with Crippen LogP contribution >= 0.6 is 24.0 Å². The van der Waals surface area contributed by atoms with Crippen molar-refractivity contribution >= 4 is 35.8 Å². The molecule has 0 aromatic heterocycles. The first-order valence-electron chi connectivity index (χ1n) is 9.63. The Morgan fingerprint density at radius 1 is 1.21 bits per heavy atom. The quantitative estimate of drug-likeness (QED) is 0.350. The van der Waals surface area contributed by atoms with Crippen LogP contribution in [0.3, 0.4) is 0 Å². The molecule has 7 nitrogen and oxygen atoms in total. The van der Waals surface area contributed by atoms with E-state index in [0.29, 0.717) is 0 Å². The van der Waals surface area contributed by atoms with Gasteiger partial charge in [-0.3, -0.25) is 14.7 Å². The molecule has 1 fully saturated rings. The number of carbonyl (C=O) groups excluding carboxylic acids is 1. The summed E-state index contributed by atoms with van der Waals surface area (Å²) in [6, 6.07) is 8.11. The van der Waals surface area contributed by atoms with E-state index in [1.165, 1.54) is 5.56 Å². The van der Waals surface area contributed by atoms with Gasteiger partial charge < -0.3 is 19.9 Å². The first-order chi connectivity index (χ1) is 13.0. The van der Waals surface area contributed by atoms with E-state index in [9.17, 15) is 4.79 Å². The monoisotopic (exact) mass is 503 g/mol. The van der Waals surface area contributed by atoms with Crippen LogP contribution in [0.5, 0.6) is 5.75 Å². The van der Waals surface area contributed by atoms with Crippen molar-refractivity contribution in [2.45, 2.75) is 20.4 Å². The van der Waals surface area contributed by atoms with Crippen molar-refractivity contribution in [1.29, 1.82) is 0 Å². The number of hydrogen-bond acceptors (Lipinski definition) is 4. The molecule has 0 aliphatic carbocycles. The van der Waals surface area contributed by atoms with Gasteiger partial charge >= 0.3 is 0 Å². The minimum atomic E-state index is 0. The fourth-order valence-electron chi connectivity index (χ4n) is 3.13. The normalized spacial score (nSPS) is 15.0. The van der Waals surface area contributed by atoms with E-state index in [4.69, 9.17) is 9.73 Å². The largest absolute Gasteiger partial charge is 0.497 e. The lowest BCUT2D eigenvalue weighted by Gasteiger charge is -2.33. The van der Waals surface area contributed by atoms with E-state index in [0.717, 1.165) is 64.1 Å². The Balaban J connectivity index is 0.00000392. The predicted molar refractivity (Wildman–Crippen MR) is 125 cm³/mol. The number of halogens is 1. The molecule has 1 N–H and O–H groups in total. The van der Waals surface area contributed by atoms with Crippen molar-refractivity contribution in [3.63, 3.8) is 0 Å². The van der Waals surface area contributed by atoms with Crippen LogP contribution in [0.1, 0.15) is 19.4 Å². The Labute approximate surface area is 186 Å². The number of benzene rings is 1. The molecule has 1 aromatic carbocycles. The lowest BCUT2D eigenvalue weighted by Crippen LogP contribution is -2.48. The highest BCUT2D eigenvalue weighted by atomic mass is 127. The minimum absolute atomic E-state index is 0. The van der Waals surface area contributed by atoms with E-state index in [1.54, 1.807) is 14.0 Å². The SMILES string of the molecule is CCNC(=NCCN1CCN(C(C)=O)CC1)N(C)Cc1ccc(OC)cc1.I. The number of piperazine rings is 1. The Kier molecular flexibility index (Phi) is 11.2. The molecular weight excluding hydrogens is 469 g/mol. The summed E-state index contributed by atoms with van der Waals surface area (Å²) in [5.74, 6) is 1.95. The maximum atomic E-state index is 11.4. The summed E-state index contributed by atoms with van der Waals surface area (Å²) in [6.07, 6.45) is 0. The number of guanidine groups is 1. The molecule has 28 heavy (non-hydrogen) atoms. The van der Waals surface area contributed by atoms with Gasteiger partial charge in [0.15, 0.2) is 5.96 Å². The third-order valence-electron chi connectivity index (χ3n) is 4.77. The highest BCUT2D eigenvalue weighted by Gasteiger charge is 2.18. The van der Waals surface area contributed by atoms with E-state index < -0.39 is 0 Å². The third-order valence-corrected chi connectivity index (χ3v) is 4.77. The number of methoxy groups -OCH3 is 1. The maximum absolute atomic E-state index is 11.4. The molecule has 1 amide bonds. The third kappa shape index (κ3) is 7.83. The first-order valence-corrected chi connectivity index (χ1v) is 9.63. The Bertz CT molecular complexity index is 616. The molecule has 158 valence electrons. The number of amides is 1. The van der Waals surface area contributed by atoms with Crippen LogP contribution in [0.25, 0.3) is 0 Å². The summed E-state index contributed by atoms with van der Waals surface area (Å²) >= 11 is 0. The van der Waals surface area contributed by atoms with Crippen LogP contribution in [-0.2, 0) is 11.3 Å². The summed E-state index contributed by atoms with van der Waals surface area (Å²) in [5.41, 5.74) is 1.21. The van der Waals surface area contributed by atoms with Gasteiger partial charge in [-0.25, -0.2) is 0 Å². The molecule has 2 rings (SSSR count). The van der Waals surface area contributed by atoms with Crippen molar-refractivity contribution < 1.29 is 9.53 Å². The Morgan fingerprint density at radius 2 is 1.86 bits per heavy atom. The average Bonchev–Trinajstić information content (AvgIpc) is 2.68. The lowest BCUT2D eigenvalue weighted by molar-refractivity contribution is -0.130. The Morgan fingerprint density at radius 3 is 2.39 bits per heavy atom. The molecule has 0 bridgehead atoms. The van der Waals surface area contributed by atoms with Crippen molar-refractivity contribution in [2.24, 2.45) is 4.99 Å². The van der Waals surface area contributed by atoms with Crippen LogP contribution in [0.15, 0.2) is 29.3 Å². The second kappa shape index (κ2) is 12.8. The van der Waals surface area contributed by atoms with Crippen LogP contribution in [0.2, 0.25) is 0 Å².